The molecule has 3 N–H and O–H groups in total. The van der Waals surface area contributed by atoms with Crippen LogP contribution in [0.25, 0.3) is 10.9 Å². The molecule has 0 amide bonds. The third-order valence-corrected chi connectivity index (χ3v) is 8.79. The molecule has 2 saturated heterocycles. The minimum atomic E-state index is -3.83. The van der Waals surface area contributed by atoms with Crippen LogP contribution < -0.4 is 10.6 Å². The van der Waals surface area contributed by atoms with Gasteiger partial charge < -0.3 is 10.6 Å². The van der Waals surface area contributed by atoms with Crippen LogP contribution in [0.1, 0.15) is 31.4 Å². The van der Waals surface area contributed by atoms with Crippen LogP contribution in [0.2, 0.25) is 0 Å². The molecule has 6 rings (SSSR count). The van der Waals surface area contributed by atoms with E-state index in [1.807, 2.05) is 31.2 Å². The summed E-state index contributed by atoms with van der Waals surface area (Å²) < 4.78 is 41.9. The number of fused-ring (bicyclic) bond motifs is 3. The molecule has 1 unspecified atom stereocenters. The van der Waals surface area contributed by atoms with Gasteiger partial charge in [-0.05, 0) is 50.8 Å². The summed E-state index contributed by atoms with van der Waals surface area (Å²) in [4.78, 5) is 12.9. The summed E-state index contributed by atoms with van der Waals surface area (Å²) in [6, 6.07) is 8.30. The summed E-state index contributed by atoms with van der Waals surface area (Å²) in [5.41, 5.74) is 1.72. The molecule has 4 aromatic heterocycles. The number of rotatable bonds is 6. The van der Waals surface area contributed by atoms with E-state index >= 15 is 0 Å². The highest BCUT2D eigenvalue weighted by Gasteiger charge is 2.47. The van der Waals surface area contributed by atoms with Crippen LogP contribution in [0.15, 0.2) is 53.8 Å². The molecular weight excluding hydrogens is 483 g/mol. The van der Waals surface area contributed by atoms with Crippen molar-refractivity contribution in [3.05, 3.63) is 60.4 Å². The number of nitrogens with one attached hydrogen (secondary N) is 3. The fraction of sp³-hybridized carbons (Fsp3) is 0.333. The van der Waals surface area contributed by atoms with Gasteiger partial charge in [-0.2, -0.15) is 9.40 Å². The van der Waals surface area contributed by atoms with E-state index in [-0.39, 0.29) is 23.0 Å². The topological polar surface area (TPSA) is 129 Å². The van der Waals surface area contributed by atoms with E-state index in [0.717, 1.165) is 41.7 Å². The summed E-state index contributed by atoms with van der Waals surface area (Å²) in [6.45, 7) is 1.92. The third kappa shape index (κ3) is 4.16. The van der Waals surface area contributed by atoms with Crippen molar-refractivity contribution in [3.63, 3.8) is 0 Å². The Morgan fingerprint density at radius 3 is 2.64 bits per heavy atom. The first-order valence-electron chi connectivity index (χ1n) is 11.8. The van der Waals surface area contributed by atoms with Crippen LogP contribution in [0.5, 0.6) is 0 Å². The molecule has 0 saturated carbocycles. The van der Waals surface area contributed by atoms with E-state index in [9.17, 15) is 12.8 Å². The molecular formula is C24H25FN8O2S. The molecule has 6 heterocycles. The van der Waals surface area contributed by atoms with E-state index in [0.29, 0.717) is 30.3 Å². The van der Waals surface area contributed by atoms with Crippen molar-refractivity contribution in [1.82, 2.24) is 29.5 Å². The minimum Gasteiger partial charge on any atom is -0.367 e. The van der Waals surface area contributed by atoms with Crippen molar-refractivity contribution >= 4 is 38.4 Å². The standard InChI is InChI=1S/C24H25FN8O2S/c1-14-7-23(32-31-14)29-22-11-21-20(3-2-6-27-21)24(30-22)28-16-9-17-4-5-18(10-16)33(17)36(34,35)19-8-15(25)12-26-13-19/h2-3,6-8,11-13,16-18H,4-5,9-10H2,1H3,(H3,28,29,30,31,32)/t16?,17-,18+. The van der Waals surface area contributed by atoms with E-state index in [1.165, 1.54) is 6.20 Å². The molecule has 10 nitrogen and oxygen atoms in total. The molecule has 3 atom stereocenters. The van der Waals surface area contributed by atoms with Crippen molar-refractivity contribution in [2.45, 2.75) is 55.6 Å². The van der Waals surface area contributed by atoms with Crippen LogP contribution in [-0.4, -0.2) is 56.0 Å². The van der Waals surface area contributed by atoms with Crippen LogP contribution in [0, 0.1) is 12.7 Å². The number of hydrogen-bond donors (Lipinski definition) is 3. The molecule has 0 aromatic carbocycles. The predicted octanol–water partition coefficient (Wildman–Crippen LogP) is 3.74. The average molecular weight is 509 g/mol. The number of hydrogen-bond acceptors (Lipinski definition) is 8. The first-order chi connectivity index (χ1) is 17.4. The molecule has 0 aliphatic carbocycles. The summed E-state index contributed by atoms with van der Waals surface area (Å²) >= 11 is 0. The highest BCUT2D eigenvalue weighted by atomic mass is 32.2. The zero-order chi connectivity index (χ0) is 24.9. The highest BCUT2D eigenvalue weighted by Crippen LogP contribution is 2.41. The molecule has 36 heavy (non-hydrogen) atoms. The molecule has 2 aliphatic heterocycles. The van der Waals surface area contributed by atoms with Crippen molar-refractivity contribution in [2.24, 2.45) is 0 Å². The number of aromatic nitrogens is 5. The van der Waals surface area contributed by atoms with Gasteiger partial charge in [-0.1, -0.05) is 0 Å². The minimum absolute atomic E-state index is 0.0263. The van der Waals surface area contributed by atoms with Gasteiger partial charge in [0.25, 0.3) is 0 Å². The lowest BCUT2D eigenvalue weighted by molar-refractivity contribution is 0.234. The summed E-state index contributed by atoms with van der Waals surface area (Å²) in [5.74, 6) is 1.29. The SMILES string of the molecule is Cc1cc(Nc2cc3ncccc3c(NC3C[C@H]4CC[C@@H](C3)N4S(=O)(=O)c3cncc(F)c3)n2)n[nH]1. The number of anilines is 3. The fourth-order valence-electron chi connectivity index (χ4n) is 5.36. The lowest BCUT2D eigenvalue weighted by atomic mass is 9.99. The average Bonchev–Trinajstić information content (AvgIpc) is 3.39. The third-order valence-electron chi connectivity index (χ3n) is 6.82. The van der Waals surface area contributed by atoms with Crippen molar-refractivity contribution in [1.29, 1.82) is 0 Å². The maximum Gasteiger partial charge on any atom is 0.245 e. The van der Waals surface area contributed by atoms with Crippen LogP contribution in [0.3, 0.4) is 0 Å². The molecule has 186 valence electrons. The maximum absolute atomic E-state index is 13.7. The fourth-order valence-corrected chi connectivity index (χ4v) is 7.22. The number of sulfonamides is 1. The van der Waals surface area contributed by atoms with Gasteiger partial charge in [-0.15, -0.1) is 0 Å². The normalized spacial score (nSPS) is 22.1. The number of nitrogens with zero attached hydrogens (tertiary/aromatic N) is 5. The monoisotopic (exact) mass is 508 g/mol. The number of aryl methyl sites for hydroxylation is 1. The van der Waals surface area contributed by atoms with Gasteiger partial charge in [0.2, 0.25) is 10.0 Å². The molecule has 2 bridgehead atoms. The lowest BCUT2D eigenvalue weighted by Crippen LogP contribution is -2.49. The molecule has 2 aliphatic rings. The van der Waals surface area contributed by atoms with Gasteiger partial charge in [0.15, 0.2) is 5.82 Å². The van der Waals surface area contributed by atoms with Gasteiger partial charge >= 0.3 is 0 Å². The number of halogens is 1. The molecule has 12 heteroatoms. The predicted molar refractivity (Wildman–Crippen MR) is 133 cm³/mol. The van der Waals surface area contributed by atoms with E-state index < -0.39 is 15.8 Å². The van der Waals surface area contributed by atoms with Crippen LogP contribution >= 0.6 is 0 Å². The van der Waals surface area contributed by atoms with Crippen LogP contribution in [-0.2, 0) is 10.0 Å². The van der Waals surface area contributed by atoms with Crippen LogP contribution in [0.4, 0.5) is 21.8 Å². The van der Waals surface area contributed by atoms with Gasteiger partial charge in [0, 0.05) is 53.7 Å². The van der Waals surface area contributed by atoms with Gasteiger partial charge in [-0.25, -0.2) is 17.8 Å². The molecule has 2 fully saturated rings. The summed E-state index contributed by atoms with van der Waals surface area (Å²) in [5, 5.41) is 14.8. The Morgan fingerprint density at radius 1 is 1.11 bits per heavy atom. The first-order valence-corrected chi connectivity index (χ1v) is 13.3. The van der Waals surface area contributed by atoms with Gasteiger partial charge in [-0.3, -0.25) is 15.1 Å². The molecule has 4 aromatic rings. The van der Waals surface area contributed by atoms with Crippen molar-refractivity contribution in [2.75, 3.05) is 10.6 Å². The second kappa shape index (κ2) is 8.79. The number of aromatic amines is 1. The second-order valence-corrected chi connectivity index (χ2v) is 11.2. The zero-order valence-electron chi connectivity index (χ0n) is 19.5. The van der Waals surface area contributed by atoms with E-state index in [2.05, 4.69) is 30.8 Å². The zero-order valence-corrected chi connectivity index (χ0v) is 20.3. The Labute approximate surface area is 207 Å². The second-order valence-electron chi connectivity index (χ2n) is 9.36. The van der Waals surface area contributed by atoms with Gasteiger partial charge in [0.05, 0.1) is 11.7 Å². The molecule has 0 radical (unpaired) electrons. The summed E-state index contributed by atoms with van der Waals surface area (Å²) in [7, 11) is -3.83. The van der Waals surface area contributed by atoms with E-state index in [4.69, 9.17) is 4.98 Å². The first kappa shape index (κ1) is 22.8. The van der Waals surface area contributed by atoms with E-state index in [1.54, 1.807) is 10.5 Å². The van der Waals surface area contributed by atoms with Crippen molar-refractivity contribution < 1.29 is 12.8 Å². The Hall–Kier alpha value is -3.64. The Balaban J connectivity index is 1.26. The number of pyridine rings is 3. The van der Waals surface area contributed by atoms with Gasteiger partial charge in [0.1, 0.15) is 22.3 Å². The smallest absolute Gasteiger partial charge is 0.245 e. The number of piperidine rings is 1. The summed E-state index contributed by atoms with van der Waals surface area (Å²) in [6.07, 6.45) is 6.73. The Bertz CT molecular complexity index is 1530. The Kier molecular flexibility index (Phi) is 5.56. The lowest BCUT2D eigenvalue weighted by Gasteiger charge is -2.38. The molecule has 0 spiro atoms. The van der Waals surface area contributed by atoms with Crippen molar-refractivity contribution in [3.8, 4) is 0 Å². The number of H-pyrrole nitrogens is 1. The maximum atomic E-state index is 13.7. The quantitative estimate of drug-likeness (QED) is 0.359. The Morgan fingerprint density at radius 2 is 1.92 bits per heavy atom. The highest BCUT2D eigenvalue weighted by molar-refractivity contribution is 7.89. The largest absolute Gasteiger partial charge is 0.367 e.